The van der Waals surface area contributed by atoms with Crippen molar-refractivity contribution < 1.29 is 14.4 Å². The maximum absolute atomic E-state index is 13.8. The molecular formula is C24H29N5O3S2. The Morgan fingerprint density at radius 3 is 2.41 bits per heavy atom. The zero-order valence-electron chi connectivity index (χ0n) is 19.4. The van der Waals surface area contributed by atoms with Crippen molar-refractivity contribution in [3.63, 3.8) is 0 Å². The van der Waals surface area contributed by atoms with Crippen molar-refractivity contribution >= 4 is 46.3 Å². The van der Waals surface area contributed by atoms with Crippen LogP contribution in [0.1, 0.15) is 62.5 Å². The number of hydrogen-bond acceptors (Lipinski definition) is 7. The van der Waals surface area contributed by atoms with Crippen LogP contribution in [0.5, 0.6) is 0 Å². The lowest BCUT2D eigenvalue weighted by atomic mass is 10.0. The molecule has 2 heterocycles. The number of aromatic nitrogens is 1. The van der Waals surface area contributed by atoms with E-state index < -0.39 is 17.9 Å². The van der Waals surface area contributed by atoms with Crippen molar-refractivity contribution in [1.82, 2.24) is 14.6 Å². The Kier molecular flexibility index (Phi) is 8.41. The monoisotopic (exact) mass is 499 g/mol. The number of primary amides is 1. The lowest BCUT2D eigenvalue weighted by Gasteiger charge is -2.31. The molecule has 1 aromatic carbocycles. The summed E-state index contributed by atoms with van der Waals surface area (Å²) in [6.07, 6.45) is 0.814. The Hall–Kier alpha value is -3.24. The van der Waals surface area contributed by atoms with Gasteiger partial charge in [0.1, 0.15) is 10.9 Å². The van der Waals surface area contributed by atoms with Gasteiger partial charge in [-0.2, -0.15) is 4.37 Å². The molecule has 1 atom stereocenters. The highest BCUT2D eigenvalue weighted by molar-refractivity contribution is 7.10. The highest BCUT2D eigenvalue weighted by atomic mass is 32.1. The third-order valence-corrected chi connectivity index (χ3v) is 7.01. The van der Waals surface area contributed by atoms with Gasteiger partial charge in [0.05, 0.1) is 12.2 Å². The Bertz CT molecular complexity index is 1140. The third kappa shape index (κ3) is 6.00. The number of nitrogens with two attached hydrogens (primary N) is 2. The summed E-state index contributed by atoms with van der Waals surface area (Å²) in [5, 5.41) is 4.90. The molecule has 0 spiro atoms. The van der Waals surface area contributed by atoms with E-state index in [0.29, 0.717) is 18.0 Å². The van der Waals surface area contributed by atoms with E-state index in [1.165, 1.54) is 16.2 Å². The average molecular weight is 500 g/mol. The fourth-order valence-corrected chi connectivity index (χ4v) is 4.88. The highest BCUT2D eigenvalue weighted by Crippen LogP contribution is 2.31. The molecule has 0 radical (unpaired) electrons. The molecule has 34 heavy (non-hydrogen) atoms. The fourth-order valence-electron chi connectivity index (χ4n) is 3.41. The van der Waals surface area contributed by atoms with E-state index >= 15 is 0 Å². The summed E-state index contributed by atoms with van der Waals surface area (Å²) in [4.78, 5) is 41.4. The number of nitrogens with one attached hydrogen (secondary N) is 1. The maximum Gasteiger partial charge on any atom is 0.270 e. The number of amides is 3. The maximum atomic E-state index is 13.8. The molecule has 0 fully saturated rings. The number of nitrogens with zero attached hydrogens (tertiary/aromatic N) is 2. The summed E-state index contributed by atoms with van der Waals surface area (Å²) in [6, 6.07) is 10.4. The van der Waals surface area contributed by atoms with Gasteiger partial charge in [-0.1, -0.05) is 49.7 Å². The van der Waals surface area contributed by atoms with Gasteiger partial charge in [-0.15, -0.1) is 11.3 Å². The molecule has 0 saturated heterocycles. The summed E-state index contributed by atoms with van der Waals surface area (Å²) >= 11 is 2.29. The quantitative estimate of drug-likeness (QED) is 0.391. The predicted molar refractivity (Wildman–Crippen MR) is 136 cm³/mol. The van der Waals surface area contributed by atoms with Crippen LogP contribution >= 0.6 is 22.9 Å². The van der Waals surface area contributed by atoms with Crippen LogP contribution < -0.4 is 16.8 Å². The van der Waals surface area contributed by atoms with Crippen LogP contribution in [0.3, 0.4) is 0 Å². The van der Waals surface area contributed by atoms with Crippen molar-refractivity contribution in [2.24, 2.45) is 11.7 Å². The van der Waals surface area contributed by atoms with Crippen molar-refractivity contribution in [2.75, 3.05) is 12.3 Å². The highest BCUT2D eigenvalue weighted by Gasteiger charge is 2.35. The number of aryl methyl sites for hydroxylation is 1. The second kappa shape index (κ2) is 11.3. The molecule has 0 saturated carbocycles. The fraction of sp³-hybridized carbons (Fsp3) is 0.333. The minimum Gasteiger partial charge on any atom is -0.395 e. The van der Waals surface area contributed by atoms with Gasteiger partial charge in [0, 0.05) is 11.4 Å². The second-order valence-electron chi connectivity index (χ2n) is 8.44. The molecule has 0 aliphatic rings. The standard InChI is InChI=1S/C24H29N5O3S2/c1-14(2)10-11-27-23(31)20(16-8-6-15(3)7-9-16)29(13-17-5-4-12-33-17)24(32)21-18(25)19(22(26)30)28-34-21/h4-9,12,14,20H,10-11,13,25H2,1-3H3,(H2,26,30)(H,27,31)/t20-/m0/s1. The molecule has 2 aromatic heterocycles. The van der Waals surface area contributed by atoms with Gasteiger partial charge in [-0.3, -0.25) is 14.4 Å². The van der Waals surface area contributed by atoms with Gasteiger partial charge >= 0.3 is 0 Å². The van der Waals surface area contributed by atoms with E-state index in [9.17, 15) is 14.4 Å². The van der Waals surface area contributed by atoms with Crippen molar-refractivity contribution in [2.45, 2.75) is 39.8 Å². The second-order valence-corrected chi connectivity index (χ2v) is 10.2. The van der Waals surface area contributed by atoms with E-state index in [1.807, 2.05) is 48.7 Å². The van der Waals surface area contributed by atoms with Crippen LogP contribution in [0.15, 0.2) is 41.8 Å². The third-order valence-electron chi connectivity index (χ3n) is 5.30. The molecular weight excluding hydrogens is 470 g/mol. The minimum atomic E-state index is -0.902. The largest absolute Gasteiger partial charge is 0.395 e. The van der Waals surface area contributed by atoms with Gasteiger partial charge < -0.3 is 21.7 Å². The topological polar surface area (TPSA) is 131 Å². The first-order valence-corrected chi connectivity index (χ1v) is 12.6. The van der Waals surface area contributed by atoms with E-state index in [0.717, 1.165) is 28.4 Å². The van der Waals surface area contributed by atoms with Crippen LogP contribution in [0.25, 0.3) is 0 Å². The normalized spacial score (nSPS) is 11.9. The number of nitrogen functional groups attached to an aromatic ring is 1. The van der Waals surface area contributed by atoms with Crippen LogP contribution in [-0.4, -0.2) is 33.5 Å². The Balaban J connectivity index is 2.05. The van der Waals surface area contributed by atoms with E-state index in [4.69, 9.17) is 11.5 Å². The minimum absolute atomic E-state index is 0.0680. The summed E-state index contributed by atoms with van der Waals surface area (Å²) in [5.74, 6) is -1.15. The Labute approximate surface area is 207 Å². The zero-order chi connectivity index (χ0) is 24.8. The Morgan fingerprint density at radius 2 is 1.85 bits per heavy atom. The average Bonchev–Trinajstić information content (AvgIpc) is 3.43. The van der Waals surface area contributed by atoms with Gasteiger partial charge in [0.15, 0.2) is 5.69 Å². The number of hydrogen-bond donors (Lipinski definition) is 3. The van der Waals surface area contributed by atoms with Crippen LogP contribution in [0.4, 0.5) is 5.69 Å². The van der Waals surface area contributed by atoms with Crippen LogP contribution in [-0.2, 0) is 11.3 Å². The van der Waals surface area contributed by atoms with Gasteiger partial charge in [0.25, 0.3) is 11.8 Å². The molecule has 0 aliphatic carbocycles. The van der Waals surface area contributed by atoms with Crippen molar-refractivity contribution in [3.05, 3.63) is 68.4 Å². The molecule has 0 bridgehead atoms. The van der Waals surface area contributed by atoms with E-state index in [2.05, 4.69) is 23.5 Å². The summed E-state index contributed by atoms with van der Waals surface area (Å²) in [7, 11) is 0. The first kappa shape index (κ1) is 25.4. The number of rotatable bonds is 10. The van der Waals surface area contributed by atoms with Crippen molar-refractivity contribution in [3.8, 4) is 0 Å². The molecule has 3 amide bonds. The number of carbonyl (C=O) groups is 3. The van der Waals surface area contributed by atoms with Crippen LogP contribution in [0.2, 0.25) is 0 Å². The molecule has 5 N–H and O–H groups in total. The van der Waals surface area contributed by atoms with Gasteiger partial charge in [-0.05, 0) is 47.8 Å². The first-order valence-electron chi connectivity index (χ1n) is 10.9. The van der Waals surface area contributed by atoms with Crippen molar-refractivity contribution in [1.29, 1.82) is 0 Å². The molecule has 10 heteroatoms. The zero-order valence-corrected chi connectivity index (χ0v) is 21.0. The van der Waals surface area contributed by atoms with E-state index in [-0.39, 0.29) is 28.7 Å². The summed E-state index contributed by atoms with van der Waals surface area (Å²) < 4.78 is 3.97. The molecule has 0 aliphatic heterocycles. The lowest BCUT2D eigenvalue weighted by Crippen LogP contribution is -2.43. The predicted octanol–water partition coefficient (Wildman–Crippen LogP) is 3.74. The van der Waals surface area contributed by atoms with Gasteiger partial charge in [-0.25, -0.2) is 0 Å². The number of thiophene rings is 1. The number of anilines is 1. The van der Waals surface area contributed by atoms with E-state index in [1.54, 1.807) is 0 Å². The van der Waals surface area contributed by atoms with Crippen LogP contribution in [0, 0.1) is 12.8 Å². The summed E-state index contributed by atoms with van der Waals surface area (Å²) in [5.41, 5.74) is 12.9. The van der Waals surface area contributed by atoms with Gasteiger partial charge in [0.2, 0.25) is 5.91 Å². The molecule has 180 valence electrons. The Morgan fingerprint density at radius 1 is 1.15 bits per heavy atom. The smallest absolute Gasteiger partial charge is 0.270 e. The SMILES string of the molecule is Cc1ccc([C@@H](C(=O)NCCC(C)C)N(Cc2cccs2)C(=O)c2snc(C(N)=O)c2N)cc1. The molecule has 3 aromatic rings. The molecule has 3 rings (SSSR count). The molecule has 0 unspecified atom stereocenters. The molecule has 8 nitrogen and oxygen atoms in total. The lowest BCUT2D eigenvalue weighted by molar-refractivity contribution is -0.126. The summed E-state index contributed by atoms with van der Waals surface area (Å²) in [6.45, 7) is 6.81. The first-order chi connectivity index (χ1) is 16.2. The number of carbonyl (C=O) groups excluding carboxylic acids is 3. The number of benzene rings is 1.